The number of hydrogen-bond donors (Lipinski definition) is 1. The van der Waals surface area contributed by atoms with Gasteiger partial charge in [-0.2, -0.15) is 0 Å². The molecule has 104 valence electrons. The molecule has 2 amide bonds. The van der Waals surface area contributed by atoms with Crippen molar-refractivity contribution in [1.82, 2.24) is 10.2 Å². The van der Waals surface area contributed by atoms with E-state index in [9.17, 15) is 9.59 Å². The lowest BCUT2D eigenvalue weighted by atomic mass is 10.1. The lowest BCUT2D eigenvalue weighted by molar-refractivity contribution is -0.131. The van der Waals surface area contributed by atoms with Crippen LogP contribution in [0.2, 0.25) is 0 Å². The van der Waals surface area contributed by atoms with Crippen LogP contribution in [0.5, 0.6) is 5.75 Å². The Hall–Kier alpha value is -2.04. The van der Waals surface area contributed by atoms with Gasteiger partial charge in [0, 0.05) is 14.1 Å². The summed E-state index contributed by atoms with van der Waals surface area (Å²) in [6, 6.07) is 5.79. The van der Waals surface area contributed by atoms with E-state index in [0.29, 0.717) is 0 Å². The second-order valence-corrected chi connectivity index (χ2v) is 4.57. The number of ether oxygens (including phenoxy) is 1. The van der Waals surface area contributed by atoms with E-state index in [1.54, 1.807) is 14.1 Å². The molecule has 19 heavy (non-hydrogen) atoms. The van der Waals surface area contributed by atoms with Crippen LogP contribution in [0.4, 0.5) is 0 Å². The number of carbonyl (C=O) groups is 2. The molecule has 0 bridgehead atoms. The maximum atomic E-state index is 11.6. The van der Waals surface area contributed by atoms with Crippen LogP contribution in [0.1, 0.15) is 11.1 Å². The number of para-hydroxylation sites is 1. The van der Waals surface area contributed by atoms with Gasteiger partial charge in [0.1, 0.15) is 5.75 Å². The zero-order chi connectivity index (χ0) is 14.4. The number of benzene rings is 1. The van der Waals surface area contributed by atoms with Gasteiger partial charge in [-0.05, 0) is 25.0 Å². The molecule has 0 aliphatic heterocycles. The minimum absolute atomic E-state index is 0.0120. The molecule has 0 spiro atoms. The first-order valence-corrected chi connectivity index (χ1v) is 6.07. The molecular weight excluding hydrogens is 244 g/mol. The molecule has 0 aliphatic rings. The van der Waals surface area contributed by atoms with Crippen molar-refractivity contribution < 1.29 is 14.3 Å². The number of aryl methyl sites for hydroxylation is 2. The molecule has 0 atom stereocenters. The van der Waals surface area contributed by atoms with Gasteiger partial charge >= 0.3 is 0 Å². The van der Waals surface area contributed by atoms with Crippen LogP contribution in [0.3, 0.4) is 0 Å². The van der Waals surface area contributed by atoms with Crippen molar-refractivity contribution in [3.63, 3.8) is 0 Å². The van der Waals surface area contributed by atoms with E-state index >= 15 is 0 Å². The monoisotopic (exact) mass is 264 g/mol. The van der Waals surface area contributed by atoms with Crippen LogP contribution in [0.15, 0.2) is 18.2 Å². The van der Waals surface area contributed by atoms with E-state index < -0.39 is 0 Å². The summed E-state index contributed by atoms with van der Waals surface area (Å²) in [4.78, 5) is 24.3. The summed E-state index contributed by atoms with van der Waals surface area (Å²) < 4.78 is 5.49. The molecule has 0 unspecified atom stereocenters. The second kappa shape index (κ2) is 6.78. The highest BCUT2D eigenvalue weighted by Crippen LogP contribution is 2.21. The van der Waals surface area contributed by atoms with Crippen molar-refractivity contribution in [2.45, 2.75) is 13.8 Å². The van der Waals surface area contributed by atoms with Crippen molar-refractivity contribution in [2.75, 3.05) is 27.2 Å². The van der Waals surface area contributed by atoms with E-state index in [-0.39, 0.29) is 25.0 Å². The van der Waals surface area contributed by atoms with Gasteiger partial charge in [0.15, 0.2) is 6.61 Å². The fourth-order valence-corrected chi connectivity index (χ4v) is 1.55. The highest BCUT2D eigenvalue weighted by Gasteiger charge is 2.09. The first kappa shape index (κ1) is 15.0. The number of nitrogens with one attached hydrogen (secondary N) is 1. The summed E-state index contributed by atoms with van der Waals surface area (Å²) in [6.07, 6.45) is 0. The van der Waals surface area contributed by atoms with Crippen LogP contribution in [-0.4, -0.2) is 44.0 Å². The molecule has 0 radical (unpaired) electrons. The van der Waals surface area contributed by atoms with Crippen LogP contribution < -0.4 is 10.1 Å². The summed E-state index contributed by atoms with van der Waals surface area (Å²) >= 11 is 0. The molecule has 1 rings (SSSR count). The Labute approximate surface area is 113 Å². The van der Waals surface area contributed by atoms with Gasteiger partial charge in [0.05, 0.1) is 6.54 Å². The lowest BCUT2D eigenvalue weighted by Crippen LogP contribution is -2.38. The maximum Gasteiger partial charge on any atom is 0.258 e. The molecule has 5 nitrogen and oxygen atoms in total. The molecule has 0 aromatic heterocycles. The summed E-state index contributed by atoms with van der Waals surface area (Å²) in [5.41, 5.74) is 1.97. The third kappa shape index (κ3) is 4.62. The summed E-state index contributed by atoms with van der Waals surface area (Å²) in [6.45, 7) is 3.75. The van der Waals surface area contributed by atoms with Gasteiger partial charge < -0.3 is 15.0 Å². The van der Waals surface area contributed by atoms with Gasteiger partial charge in [0.25, 0.3) is 5.91 Å². The minimum atomic E-state index is -0.308. The number of nitrogens with zero attached hydrogens (tertiary/aromatic N) is 1. The third-order valence-electron chi connectivity index (χ3n) is 2.69. The van der Waals surface area contributed by atoms with Crippen molar-refractivity contribution in [3.05, 3.63) is 29.3 Å². The molecular formula is C14H20N2O3. The molecule has 1 N–H and O–H groups in total. The zero-order valence-corrected chi connectivity index (χ0v) is 11.8. The van der Waals surface area contributed by atoms with Crippen LogP contribution >= 0.6 is 0 Å². The van der Waals surface area contributed by atoms with Crippen LogP contribution in [0, 0.1) is 13.8 Å². The fraction of sp³-hybridized carbons (Fsp3) is 0.429. The Balaban J connectivity index is 2.45. The Morgan fingerprint density at radius 3 is 2.32 bits per heavy atom. The highest BCUT2D eigenvalue weighted by molar-refractivity contribution is 5.85. The van der Waals surface area contributed by atoms with Crippen molar-refractivity contribution in [1.29, 1.82) is 0 Å². The lowest BCUT2D eigenvalue weighted by Gasteiger charge is -2.13. The molecule has 5 heteroatoms. The molecule has 0 heterocycles. The normalized spacial score (nSPS) is 9.89. The van der Waals surface area contributed by atoms with Gasteiger partial charge in [0.2, 0.25) is 5.91 Å². The largest absolute Gasteiger partial charge is 0.483 e. The van der Waals surface area contributed by atoms with Gasteiger partial charge in [-0.3, -0.25) is 9.59 Å². The van der Waals surface area contributed by atoms with E-state index in [4.69, 9.17) is 4.74 Å². The summed E-state index contributed by atoms with van der Waals surface area (Å²) in [5.74, 6) is 0.259. The van der Waals surface area contributed by atoms with E-state index in [1.807, 2.05) is 32.0 Å². The summed E-state index contributed by atoms with van der Waals surface area (Å²) in [7, 11) is 3.28. The van der Waals surface area contributed by atoms with Gasteiger partial charge in [-0.1, -0.05) is 18.2 Å². The van der Waals surface area contributed by atoms with E-state index in [1.165, 1.54) is 4.90 Å². The molecule has 1 aromatic carbocycles. The second-order valence-electron chi connectivity index (χ2n) is 4.57. The summed E-state index contributed by atoms with van der Waals surface area (Å²) in [5, 5.41) is 2.52. The van der Waals surface area contributed by atoms with E-state index in [2.05, 4.69) is 5.32 Å². The van der Waals surface area contributed by atoms with Gasteiger partial charge in [-0.15, -0.1) is 0 Å². The zero-order valence-electron chi connectivity index (χ0n) is 11.8. The fourth-order valence-electron chi connectivity index (χ4n) is 1.55. The number of rotatable bonds is 5. The quantitative estimate of drug-likeness (QED) is 0.859. The molecule has 0 fully saturated rings. The van der Waals surface area contributed by atoms with Gasteiger partial charge in [-0.25, -0.2) is 0 Å². The van der Waals surface area contributed by atoms with Crippen LogP contribution in [-0.2, 0) is 9.59 Å². The SMILES string of the molecule is Cc1cccc(C)c1OCC(=O)NCC(=O)N(C)C. The third-order valence-corrected chi connectivity index (χ3v) is 2.69. The standard InChI is InChI=1S/C14H20N2O3/c1-10-6-5-7-11(2)14(10)19-9-12(17)15-8-13(18)16(3)4/h5-7H,8-9H2,1-4H3,(H,15,17). The Morgan fingerprint density at radius 2 is 1.79 bits per heavy atom. The molecule has 0 saturated heterocycles. The average Bonchev–Trinajstić information content (AvgIpc) is 2.35. The minimum Gasteiger partial charge on any atom is -0.483 e. The number of hydrogen-bond acceptors (Lipinski definition) is 3. The first-order chi connectivity index (χ1) is 8.91. The number of amides is 2. The Kier molecular flexibility index (Phi) is 5.36. The van der Waals surface area contributed by atoms with Crippen LogP contribution in [0.25, 0.3) is 0 Å². The number of carbonyl (C=O) groups excluding carboxylic acids is 2. The first-order valence-electron chi connectivity index (χ1n) is 6.07. The van der Waals surface area contributed by atoms with Crippen molar-refractivity contribution >= 4 is 11.8 Å². The number of likely N-dealkylation sites (N-methyl/N-ethyl adjacent to an activating group) is 1. The smallest absolute Gasteiger partial charge is 0.258 e. The average molecular weight is 264 g/mol. The Bertz CT molecular complexity index is 450. The van der Waals surface area contributed by atoms with Crippen molar-refractivity contribution in [2.24, 2.45) is 0 Å². The maximum absolute atomic E-state index is 11.6. The topological polar surface area (TPSA) is 58.6 Å². The Morgan fingerprint density at radius 1 is 1.21 bits per heavy atom. The molecule has 0 aliphatic carbocycles. The highest BCUT2D eigenvalue weighted by atomic mass is 16.5. The molecule has 1 aromatic rings. The van der Waals surface area contributed by atoms with Crippen molar-refractivity contribution in [3.8, 4) is 5.75 Å². The molecule has 0 saturated carbocycles. The van der Waals surface area contributed by atoms with E-state index in [0.717, 1.165) is 16.9 Å². The predicted molar refractivity (Wildman–Crippen MR) is 73.1 cm³/mol. The predicted octanol–water partition coefficient (Wildman–Crippen LogP) is 0.887.